The number of hydrogen-bond acceptors (Lipinski definition) is 5. The van der Waals surface area contributed by atoms with Crippen LogP contribution in [0.3, 0.4) is 0 Å². The number of aromatic nitrogens is 3. The van der Waals surface area contributed by atoms with Crippen LogP contribution in [0.4, 0.5) is 4.39 Å². The van der Waals surface area contributed by atoms with E-state index in [1.54, 1.807) is 26.3 Å². The first-order chi connectivity index (χ1) is 15.6. The molecule has 2 N–H and O–H groups in total. The third-order valence-corrected chi connectivity index (χ3v) is 5.31. The number of ether oxygens (including phenoxy) is 2. The van der Waals surface area contributed by atoms with Gasteiger partial charge in [0, 0.05) is 19.2 Å². The smallest absolute Gasteiger partial charge is 0.194 e. The van der Waals surface area contributed by atoms with E-state index in [1.807, 2.05) is 31.2 Å². The monoisotopic (exact) mass is 566 g/mol. The minimum atomic E-state index is -0.256. The van der Waals surface area contributed by atoms with Crippen LogP contribution < -0.4 is 10.1 Å². The number of rotatable bonds is 5. The van der Waals surface area contributed by atoms with Crippen LogP contribution in [-0.4, -0.2) is 59.4 Å². The summed E-state index contributed by atoms with van der Waals surface area (Å²) < 4.78 is 24.6. The Hall–Kier alpha value is -2.73. The Kier molecular flexibility index (Phi) is 8.61. The van der Waals surface area contributed by atoms with E-state index in [4.69, 9.17) is 9.47 Å². The van der Waals surface area contributed by atoms with Gasteiger partial charge in [-0.2, -0.15) is 5.10 Å². The average Bonchev–Trinajstić information content (AvgIpc) is 3.29. The van der Waals surface area contributed by atoms with E-state index < -0.39 is 0 Å². The van der Waals surface area contributed by atoms with Crippen molar-refractivity contribution in [3.05, 3.63) is 65.7 Å². The van der Waals surface area contributed by atoms with Crippen molar-refractivity contribution in [1.29, 1.82) is 0 Å². The molecule has 4 rings (SSSR count). The van der Waals surface area contributed by atoms with E-state index in [0.29, 0.717) is 31.3 Å². The van der Waals surface area contributed by atoms with Gasteiger partial charge in [0.2, 0.25) is 0 Å². The summed E-state index contributed by atoms with van der Waals surface area (Å²) in [6, 6.07) is 14.0. The predicted octanol–water partition coefficient (Wildman–Crippen LogP) is 3.77. The molecule has 0 bridgehead atoms. The van der Waals surface area contributed by atoms with Crippen molar-refractivity contribution in [3.63, 3.8) is 0 Å². The van der Waals surface area contributed by atoms with Crippen molar-refractivity contribution in [1.82, 2.24) is 25.4 Å². The Morgan fingerprint density at radius 3 is 2.61 bits per heavy atom. The number of aromatic amines is 1. The Morgan fingerprint density at radius 1 is 1.21 bits per heavy atom. The Labute approximate surface area is 209 Å². The fraction of sp³-hybridized carbons (Fsp3) is 0.348. The van der Waals surface area contributed by atoms with Gasteiger partial charge in [-0.05, 0) is 48.9 Å². The lowest BCUT2D eigenvalue weighted by Crippen LogP contribution is -2.50. The van der Waals surface area contributed by atoms with E-state index in [-0.39, 0.29) is 42.0 Å². The molecule has 1 aliphatic rings. The van der Waals surface area contributed by atoms with Crippen molar-refractivity contribution < 1.29 is 13.9 Å². The van der Waals surface area contributed by atoms with Gasteiger partial charge in [-0.1, -0.05) is 12.1 Å². The molecule has 176 valence electrons. The minimum Gasteiger partial charge on any atom is -0.497 e. The molecule has 2 heterocycles. The number of methoxy groups -OCH3 is 1. The Bertz CT molecular complexity index is 1060. The maximum absolute atomic E-state index is 13.3. The molecule has 10 heteroatoms. The first-order valence-corrected chi connectivity index (χ1v) is 10.5. The Morgan fingerprint density at radius 2 is 1.94 bits per heavy atom. The molecule has 1 aromatic heterocycles. The maximum Gasteiger partial charge on any atom is 0.194 e. The molecule has 0 saturated carbocycles. The van der Waals surface area contributed by atoms with Crippen LogP contribution in [0.25, 0.3) is 11.4 Å². The second-order valence-corrected chi connectivity index (χ2v) is 7.63. The van der Waals surface area contributed by atoms with Crippen LogP contribution in [-0.2, 0) is 11.3 Å². The normalized spacial score (nSPS) is 18.5. The molecule has 8 nitrogen and oxygen atoms in total. The molecule has 2 atom stereocenters. The highest BCUT2D eigenvalue weighted by Gasteiger charge is 2.28. The average molecular weight is 566 g/mol. The third kappa shape index (κ3) is 6.20. The number of benzene rings is 2. The van der Waals surface area contributed by atoms with Gasteiger partial charge in [-0.25, -0.2) is 9.37 Å². The summed E-state index contributed by atoms with van der Waals surface area (Å²) in [6.45, 7) is 3.78. The zero-order chi connectivity index (χ0) is 22.5. The van der Waals surface area contributed by atoms with Crippen LogP contribution in [0.1, 0.15) is 24.4 Å². The summed E-state index contributed by atoms with van der Waals surface area (Å²) in [7, 11) is 3.38. The van der Waals surface area contributed by atoms with Gasteiger partial charge in [0.05, 0.1) is 26.3 Å². The van der Waals surface area contributed by atoms with Crippen LogP contribution in [0.5, 0.6) is 5.75 Å². The molecule has 0 spiro atoms. The lowest BCUT2D eigenvalue weighted by atomic mass is 10.1. The SMILES string of the molecule is CN=C(NCc1nc(-c2ccc(OC)cc2)n[nH]1)N1CC(C)OC(c2ccc(F)cc2)C1.I. The molecule has 1 aliphatic heterocycles. The van der Waals surface area contributed by atoms with Gasteiger partial charge in [0.15, 0.2) is 11.8 Å². The number of H-pyrrole nitrogens is 1. The molecule has 1 fully saturated rings. The number of morpholine rings is 1. The minimum absolute atomic E-state index is 0. The summed E-state index contributed by atoms with van der Waals surface area (Å²) in [5.74, 6) is 2.60. The standard InChI is InChI=1S/C23H27FN6O2.HI/c1-15-13-30(14-20(32-15)16-4-8-18(24)9-5-16)23(25-2)26-12-21-27-22(29-28-21)17-6-10-19(31-3)11-7-17;/h4-11,15,20H,12-14H2,1-3H3,(H,25,26)(H,27,28,29);1H. The van der Waals surface area contributed by atoms with Gasteiger partial charge in [-0.3, -0.25) is 10.1 Å². The molecule has 0 radical (unpaired) electrons. The predicted molar refractivity (Wildman–Crippen MR) is 135 cm³/mol. The molecule has 0 aliphatic carbocycles. The van der Waals surface area contributed by atoms with E-state index in [2.05, 4.69) is 30.4 Å². The van der Waals surface area contributed by atoms with Crippen LogP contribution in [0.2, 0.25) is 0 Å². The van der Waals surface area contributed by atoms with Crippen molar-refractivity contribution in [3.8, 4) is 17.1 Å². The molecule has 1 saturated heterocycles. The van der Waals surface area contributed by atoms with Crippen LogP contribution >= 0.6 is 24.0 Å². The molecule has 2 unspecified atom stereocenters. The van der Waals surface area contributed by atoms with Crippen LogP contribution in [0, 0.1) is 5.82 Å². The highest BCUT2D eigenvalue weighted by Crippen LogP contribution is 2.25. The van der Waals surface area contributed by atoms with Gasteiger partial charge < -0.3 is 19.7 Å². The van der Waals surface area contributed by atoms with E-state index in [9.17, 15) is 4.39 Å². The fourth-order valence-electron chi connectivity index (χ4n) is 3.72. The van der Waals surface area contributed by atoms with Gasteiger partial charge in [-0.15, -0.1) is 24.0 Å². The second-order valence-electron chi connectivity index (χ2n) is 7.63. The fourth-order valence-corrected chi connectivity index (χ4v) is 3.72. The summed E-state index contributed by atoms with van der Waals surface area (Å²) in [5.41, 5.74) is 1.85. The number of nitrogens with zero attached hydrogens (tertiary/aromatic N) is 4. The molecule has 33 heavy (non-hydrogen) atoms. The molecular formula is C23H28FIN6O2. The first kappa shape index (κ1) is 24.9. The van der Waals surface area contributed by atoms with E-state index in [0.717, 1.165) is 22.8 Å². The van der Waals surface area contributed by atoms with Gasteiger partial charge >= 0.3 is 0 Å². The second kappa shape index (κ2) is 11.4. The quantitative estimate of drug-likeness (QED) is 0.278. The van der Waals surface area contributed by atoms with Crippen LogP contribution in [0.15, 0.2) is 53.5 Å². The van der Waals surface area contributed by atoms with Crippen molar-refractivity contribution in [2.24, 2.45) is 4.99 Å². The number of aliphatic imine (C=N–C) groups is 1. The van der Waals surface area contributed by atoms with Gasteiger partial charge in [0.25, 0.3) is 0 Å². The number of hydrogen-bond donors (Lipinski definition) is 2. The van der Waals surface area contributed by atoms with Crippen molar-refractivity contribution in [2.75, 3.05) is 27.2 Å². The Balaban J connectivity index is 0.00000306. The van der Waals surface area contributed by atoms with Crippen molar-refractivity contribution in [2.45, 2.75) is 25.7 Å². The lowest BCUT2D eigenvalue weighted by Gasteiger charge is -2.38. The topological polar surface area (TPSA) is 87.7 Å². The third-order valence-electron chi connectivity index (χ3n) is 5.31. The largest absolute Gasteiger partial charge is 0.497 e. The molecular weight excluding hydrogens is 538 g/mol. The van der Waals surface area contributed by atoms with Gasteiger partial charge in [0.1, 0.15) is 23.5 Å². The summed E-state index contributed by atoms with van der Waals surface area (Å²) >= 11 is 0. The van der Waals surface area contributed by atoms with E-state index >= 15 is 0 Å². The molecule has 3 aromatic rings. The zero-order valence-corrected chi connectivity index (χ0v) is 21.1. The number of nitrogens with one attached hydrogen (secondary N) is 2. The first-order valence-electron chi connectivity index (χ1n) is 10.5. The highest BCUT2D eigenvalue weighted by atomic mass is 127. The number of halogens is 2. The maximum atomic E-state index is 13.3. The highest BCUT2D eigenvalue weighted by molar-refractivity contribution is 14.0. The summed E-state index contributed by atoms with van der Waals surface area (Å²) in [4.78, 5) is 11.1. The lowest BCUT2D eigenvalue weighted by molar-refractivity contribution is -0.0605. The van der Waals surface area contributed by atoms with E-state index in [1.165, 1.54) is 12.1 Å². The zero-order valence-electron chi connectivity index (χ0n) is 18.8. The number of guanidine groups is 1. The van der Waals surface area contributed by atoms with Crippen molar-refractivity contribution >= 4 is 29.9 Å². The summed E-state index contributed by atoms with van der Waals surface area (Å²) in [6.07, 6.45) is -0.158. The summed E-state index contributed by atoms with van der Waals surface area (Å²) in [5, 5.41) is 10.6. The molecule has 2 aromatic carbocycles. The molecule has 0 amide bonds.